The highest BCUT2D eigenvalue weighted by Crippen LogP contribution is 2.29. The Hall–Kier alpha value is -2.56. The lowest BCUT2D eigenvalue weighted by Gasteiger charge is -2.18. The van der Waals surface area contributed by atoms with Gasteiger partial charge in [-0.2, -0.15) is 0 Å². The van der Waals surface area contributed by atoms with Crippen molar-refractivity contribution in [2.45, 2.75) is 19.4 Å². The Labute approximate surface area is 135 Å². The van der Waals surface area contributed by atoms with Gasteiger partial charge in [0.25, 0.3) is 0 Å². The third-order valence-electron chi connectivity index (χ3n) is 3.56. The average molecular weight is 317 g/mol. The molecule has 122 valence electrons. The molecule has 0 aliphatic carbocycles. The fourth-order valence-electron chi connectivity index (χ4n) is 2.34. The number of halogens is 1. The van der Waals surface area contributed by atoms with Crippen molar-refractivity contribution in [3.63, 3.8) is 0 Å². The van der Waals surface area contributed by atoms with Crippen LogP contribution in [0.3, 0.4) is 0 Å². The lowest BCUT2D eigenvalue weighted by atomic mass is 10.1. The van der Waals surface area contributed by atoms with Crippen molar-refractivity contribution in [2.24, 2.45) is 0 Å². The molecular weight excluding hydrogens is 297 g/mol. The van der Waals surface area contributed by atoms with E-state index in [-0.39, 0.29) is 24.2 Å². The molecule has 2 aromatic carbocycles. The van der Waals surface area contributed by atoms with Crippen LogP contribution in [0, 0.1) is 5.82 Å². The Balaban J connectivity index is 2.07. The van der Waals surface area contributed by atoms with Gasteiger partial charge in [0.2, 0.25) is 5.91 Å². The molecule has 23 heavy (non-hydrogen) atoms. The molecule has 1 unspecified atom stereocenters. The minimum absolute atomic E-state index is 0.144. The molecule has 2 rings (SSSR count). The van der Waals surface area contributed by atoms with Crippen molar-refractivity contribution in [2.75, 3.05) is 14.2 Å². The standard InChI is InChI=1S/C18H20FNO3/c1-12(16-11-15(22-2)8-9-17(16)23-3)20-18(21)10-13-4-6-14(19)7-5-13/h4-9,11-12H,10H2,1-3H3,(H,20,21). The predicted octanol–water partition coefficient (Wildman–Crippen LogP) is 3.26. The molecule has 0 aliphatic rings. The monoisotopic (exact) mass is 317 g/mol. The van der Waals surface area contributed by atoms with E-state index in [1.807, 2.05) is 13.0 Å². The molecule has 0 heterocycles. The summed E-state index contributed by atoms with van der Waals surface area (Å²) in [6, 6.07) is 11.1. The van der Waals surface area contributed by atoms with Crippen LogP contribution in [0.4, 0.5) is 4.39 Å². The van der Waals surface area contributed by atoms with Gasteiger partial charge in [0.05, 0.1) is 26.7 Å². The van der Waals surface area contributed by atoms with Crippen LogP contribution in [0.25, 0.3) is 0 Å². The van der Waals surface area contributed by atoms with E-state index in [4.69, 9.17) is 9.47 Å². The van der Waals surface area contributed by atoms with Crippen LogP contribution in [0.15, 0.2) is 42.5 Å². The molecule has 0 saturated carbocycles. The number of amides is 1. The predicted molar refractivity (Wildman–Crippen MR) is 86.2 cm³/mol. The highest BCUT2D eigenvalue weighted by atomic mass is 19.1. The lowest BCUT2D eigenvalue weighted by molar-refractivity contribution is -0.121. The Morgan fingerprint density at radius 1 is 1.13 bits per heavy atom. The van der Waals surface area contributed by atoms with Gasteiger partial charge in [-0.3, -0.25) is 4.79 Å². The molecular formula is C18H20FNO3. The minimum atomic E-state index is -0.316. The van der Waals surface area contributed by atoms with Gasteiger partial charge in [0, 0.05) is 5.56 Å². The van der Waals surface area contributed by atoms with Crippen molar-refractivity contribution < 1.29 is 18.7 Å². The summed E-state index contributed by atoms with van der Waals surface area (Å²) in [7, 11) is 3.17. The van der Waals surface area contributed by atoms with E-state index in [0.29, 0.717) is 11.5 Å². The SMILES string of the molecule is COc1ccc(OC)c(C(C)NC(=O)Cc2ccc(F)cc2)c1. The summed E-state index contributed by atoms with van der Waals surface area (Å²) >= 11 is 0. The second-order valence-corrected chi connectivity index (χ2v) is 5.20. The van der Waals surface area contributed by atoms with Crippen LogP contribution in [0.1, 0.15) is 24.1 Å². The molecule has 5 heteroatoms. The maximum absolute atomic E-state index is 12.9. The zero-order valence-electron chi connectivity index (χ0n) is 13.4. The molecule has 4 nitrogen and oxygen atoms in total. The summed E-state index contributed by atoms with van der Waals surface area (Å²) in [4.78, 5) is 12.2. The molecule has 2 aromatic rings. The first-order chi connectivity index (χ1) is 11.0. The van der Waals surface area contributed by atoms with E-state index < -0.39 is 0 Å². The Kier molecular flexibility index (Phi) is 5.57. The van der Waals surface area contributed by atoms with Crippen molar-refractivity contribution in [3.05, 3.63) is 59.4 Å². The molecule has 1 amide bonds. The fourth-order valence-corrected chi connectivity index (χ4v) is 2.34. The maximum Gasteiger partial charge on any atom is 0.224 e. The molecule has 0 aliphatic heterocycles. The largest absolute Gasteiger partial charge is 0.497 e. The van der Waals surface area contributed by atoms with Crippen LogP contribution < -0.4 is 14.8 Å². The summed E-state index contributed by atoms with van der Waals surface area (Å²) in [6.45, 7) is 1.87. The molecule has 1 N–H and O–H groups in total. The van der Waals surface area contributed by atoms with Gasteiger partial charge in [-0.15, -0.1) is 0 Å². The normalized spacial score (nSPS) is 11.7. The Morgan fingerprint density at radius 2 is 1.83 bits per heavy atom. The van der Waals surface area contributed by atoms with Crippen molar-refractivity contribution in [1.29, 1.82) is 0 Å². The van der Waals surface area contributed by atoms with Crippen LogP contribution in [0.5, 0.6) is 11.5 Å². The molecule has 0 bridgehead atoms. The Morgan fingerprint density at radius 3 is 2.43 bits per heavy atom. The Bertz CT molecular complexity index is 670. The van der Waals surface area contributed by atoms with E-state index in [2.05, 4.69) is 5.32 Å². The number of carbonyl (C=O) groups is 1. The summed E-state index contributed by atoms with van der Waals surface area (Å²) in [5, 5.41) is 2.92. The van der Waals surface area contributed by atoms with E-state index in [0.717, 1.165) is 11.1 Å². The van der Waals surface area contributed by atoms with Crippen LogP contribution in [-0.4, -0.2) is 20.1 Å². The number of ether oxygens (including phenoxy) is 2. The lowest BCUT2D eigenvalue weighted by Crippen LogP contribution is -2.28. The second-order valence-electron chi connectivity index (χ2n) is 5.20. The molecule has 1 atom stereocenters. The van der Waals surface area contributed by atoms with Gasteiger partial charge in [-0.05, 0) is 42.8 Å². The first kappa shape index (κ1) is 16.8. The van der Waals surface area contributed by atoms with Crippen molar-refractivity contribution in [3.8, 4) is 11.5 Å². The average Bonchev–Trinajstić information content (AvgIpc) is 2.56. The summed E-state index contributed by atoms with van der Waals surface area (Å²) in [5.41, 5.74) is 1.59. The van der Waals surface area contributed by atoms with Gasteiger partial charge >= 0.3 is 0 Å². The third kappa shape index (κ3) is 4.45. The zero-order valence-corrected chi connectivity index (χ0v) is 13.4. The number of nitrogens with one attached hydrogen (secondary N) is 1. The molecule has 0 aromatic heterocycles. The van der Waals surface area contributed by atoms with Crippen LogP contribution in [0.2, 0.25) is 0 Å². The maximum atomic E-state index is 12.9. The highest BCUT2D eigenvalue weighted by molar-refractivity contribution is 5.79. The first-order valence-corrected chi connectivity index (χ1v) is 7.29. The smallest absolute Gasteiger partial charge is 0.224 e. The topological polar surface area (TPSA) is 47.6 Å². The molecule has 0 saturated heterocycles. The summed E-state index contributed by atoms with van der Waals surface area (Å²) < 4.78 is 23.4. The summed E-state index contributed by atoms with van der Waals surface area (Å²) in [5.74, 6) is 0.915. The van der Waals surface area contributed by atoms with Gasteiger partial charge in [0.15, 0.2) is 0 Å². The van der Waals surface area contributed by atoms with Gasteiger partial charge in [-0.1, -0.05) is 12.1 Å². The van der Waals surface area contributed by atoms with Crippen molar-refractivity contribution >= 4 is 5.91 Å². The highest BCUT2D eigenvalue weighted by Gasteiger charge is 2.15. The van der Waals surface area contributed by atoms with E-state index in [1.165, 1.54) is 12.1 Å². The van der Waals surface area contributed by atoms with Crippen LogP contribution >= 0.6 is 0 Å². The number of hydrogen-bond acceptors (Lipinski definition) is 3. The van der Waals surface area contributed by atoms with E-state index in [1.54, 1.807) is 38.5 Å². The van der Waals surface area contributed by atoms with Gasteiger partial charge in [-0.25, -0.2) is 4.39 Å². The molecule has 0 fully saturated rings. The third-order valence-corrected chi connectivity index (χ3v) is 3.56. The van der Waals surface area contributed by atoms with Crippen LogP contribution in [-0.2, 0) is 11.2 Å². The van der Waals surface area contributed by atoms with E-state index in [9.17, 15) is 9.18 Å². The second kappa shape index (κ2) is 7.63. The number of hydrogen-bond donors (Lipinski definition) is 1. The fraction of sp³-hybridized carbons (Fsp3) is 0.278. The number of carbonyl (C=O) groups excluding carboxylic acids is 1. The van der Waals surface area contributed by atoms with Crippen molar-refractivity contribution in [1.82, 2.24) is 5.32 Å². The molecule has 0 spiro atoms. The number of benzene rings is 2. The summed E-state index contributed by atoms with van der Waals surface area (Å²) in [6.07, 6.45) is 0.191. The van der Waals surface area contributed by atoms with Gasteiger partial charge in [0.1, 0.15) is 17.3 Å². The number of methoxy groups -OCH3 is 2. The zero-order chi connectivity index (χ0) is 16.8. The van der Waals surface area contributed by atoms with Gasteiger partial charge < -0.3 is 14.8 Å². The number of rotatable bonds is 6. The van der Waals surface area contributed by atoms with E-state index >= 15 is 0 Å². The molecule has 0 radical (unpaired) electrons. The quantitative estimate of drug-likeness (QED) is 0.889. The minimum Gasteiger partial charge on any atom is -0.497 e. The first-order valence-electron chi connectivity index (χ1n) is 7.29.